The van der Waals surface area contributed by atoms with Gasteiger partial charge in [-0.1, -0.05) is 0 Å². The minimum absolute atomic E-state index is 0.00841. The monoisotopic (exact) mass is 381 g/mol. The third-order valence-corrected chi connectivity index (χ3v) is 3.94. The third kappa shape index (κ3) is 6.50. The number of esters is 1. The summed E-state index contributed by atoms with van der Waals surface area (Å²) in [6.07, 6.45) is 1.84. The Hall–Kier alpha value is -2.72. The molecule has 10 heteroatoms. The van der Waals surface area contributed by atoms with E-state index in [2.05, 4.69) is 10.6 Å². The fourth-order valence-corrected chi connectivity index (χ4v) is 2.55. The van der Waals surface area contributed by atoms with Gasteiger partial charge in [-0.3, -0.25) is 14.9 Å². The van der Waals surface area contributed by atoms with Crippen molar-refractivity contribution in [2.45, 2.75) is 18.9 Å². The van der Waals surface area contributed by atoms with Gasteiger partial charge in [-0.25, -0.2) is 4.79 Å². The average molecular weight is 381 g/mol. The van der Waals surface area contributed by atoms with E-state index in [0.29, 0.717) is 26.3 Å². The van der Waals surface area contributed by atoms with Crippen molar-refractivity contribution in [1.82, 2.24) is 5.32 Å². The van der Waals surface area contributed by atoms with Crippen LogP contribution in [0.25, 0.3) is 0 Å². The highest BCUT2D eigenvalue weighted by Crippen LogP contribution is 2.25. The normalized spacial score (nSPS) is 16.0. The summed E-state index contributed by atoms with van der Waals surface area (Å²) >= 11 is 0. The number of benzene rings is 1. The van der Waals surface area contributed by atoms with Gasteiger partial charge in [0.15, 0.2) is 6.61 Å². The van der Waals surface area contributed by atoms with Crippen LogP contribution in [0.3, 0.4) is 0 Å². The Bertz CT molecular complexity index is 674. The molecule has 0 radical (unpaired) electrons. The molecule has 1 amide bonds. The van der Waals surface area contributed by atoms with Crippen LogP contribution in [0.1, 0.15) is 23.2 Å². The van der Waals surface area contributed by atoms with Crippen LogP contribution < -0.4 is 10.6 Å². The molecule has 2 N–H and O–H groups in total. The summed E-state index contributed by atoms with van der Waals surface area (Å²) in [7, 11) is 1.52. The van der Waals surface area contributed by atoms with Crippen molar-refractivity contribution in [2.75, 3.05) is 45.3 Å². The molecule has 1 aliphatic heterocycles. The Morgan fingerprint density at radius 1 is 1.41 bits per heavy atom. The van der Waals surface area contributed by atoms with E-state index in [1.54, 1.807) is 0 Å². The summed E-state index contributed by atoms with van der Waals surface area (Å²) in [5, 5.41) is 16.7. The SMILES string of the molecule is COCCNc1ccc(C(=O)OCC(=O)NC[C@@H]2CCCO2)cc1[N+](=O)[O-]. The highest BCUT2D eigenvalue weighted by atomic mass is 16.6. The van der Waals surface area contributed by atoms with E-state index in [0.717, 1.165) is 18.9 Å². The molecule has 1 saturated heterocycles. The van der Waals surface area contributed by atoms with Crippen LogP contribution in [0.15, 0.2) is 18.2 Å². The highest BCUT2D eigenvalue weighted by molar-refractivity contribution is 5.93. The molecule has 1 heterocycles. The number of ether oxygens (including phenoxy) is 3. The van der Waals surface area contributed by atoms with Gasteiger partial charge in [0.05, 0.1) is 23.2 Å². The lowest BCUT2D eigenvalue weighted by Gasteiger charge is -2.11. The molecule has 0 saturated carbocycles. The lowest BCUT2D eigenvalue weighted by Crippen LogP contribution is -2.34. The first-order chi connectivity index (χ1) is 13.0. The van der Waals surface area contributed by atoms with Crippen LogP contribution in [0, 0.1) is 10.1 Å². The van der Waals surface area contributed by atoms with E-state index < -0.39 is 23.4 Å². The quantitative estimate of drug-likeness (QED) is 0.267. The van der Waals surface area contributed by atoms with Crippen LogP contribution in [-0.4, -0.2) is 62.9 Å². The minimum Gasteiger partial charge on any atom is -0.452 e. The maximum Gasteiger partial charge on any atom is 0.338 e. The predicted octanol–water partition coefficient (Wildman–Crippen LogP) is 1.11. The number of hydrogen-bond acceptors (Lipinski definition) is 8. The lowest BCUT2D eigenvalue weighted by molar-refractivity contribution is -0.384. The van der Waals surface area contributed by atoms with Gasteiger partial charge in [0, 0.05) is 32.9 Å². The van der Waals surface area contributed by atoms with Crippen molar-refractivity contribution < 1.29 is 28.7 Å². The summed E-state index contributed by atoms with van der Waals surface area (Å²) in [5.41, 5.74) is -0.00258. The number of anilines is 1. The summed E-state index contributed by atoms with van der Waals surface area (Å²) < 4.78 is 15.2. The van der Waals surface area contributed by atoms with Crippen LogP contribution in [-0.2, 0) is 19.0 Å². The molecule has 0 spiro atoms. The number of carbonyl (C=O) groups is 2. The first-order valence-corrected chi connectivity index (χ1v) is 8.58. The van der Waals surface area contributed by atoms with E-state index in [1.165, 1.54) is 19.2 Å². The fourth-order valence-electron chi connectivity index (χ4n) is 2.55. The first kappa shape index (κ1) is 20.6. The summed E-state index contributed by atoms with van der Waals surface area (Å²) in [6, 6.07) is 3.93. The average Bonchev–Trinajstić information content (AvgIpc) is 3.18. The van der Waals surface area contributed by atoms with Crippen molar-refractivity contribution in [3.8, 4) is 0 Å². The van der Waals surface area contributed by atoms with E-state index >= 15 is 0 Å². The molecule has 1 fully saturated rings. The summed E-state index contributed by atoms with van der Waals surface area (Å²) in [5.74, 6) is -1.26. The molecule has 1 aromatic carbocycles. The molecule has 27 heavy (non-hydrogen) atoms. The Balaban J connectivity index is 1.87. The van der Waals surface area contributed by atoms with E-state index in [4.69, 9.17) is 14.2 Å². The molecule has 2 rings (SSSR count). The van der Waals surface area contributed by atoms with Crippen molar-refractivity contribution in [2.24, 2.45) is 0 Å². The first-order valence-electron chi connectivity index (χ1n) is 8.58. The summed E-state index contributed by atoms with van der Waals surface area (Å²) in [4.78, 5) is 34.4. The number of nitro benzene ring substituents is 1. The van der Waals surface area contributed by atoms with Crippen LogP contribution >= 0.6 is 0 Å². The number of nitro groups is 1. The van der Waals surface area contributed by atoms with E-state index in [1.807, 2.05) is 0 Å². The molecule has 0 aromatic heterocycles. The lowest BCUT2D eigenvalue weighted by atomic mass is 10.1. The third-order valence-electron chi connectivity index (χ3n) is 3.94. The zero-order valence-electron chi connectivity index (χ0n) is 15.1. The van der Waals surface area contributed by atoms with Gasteiger partial charge < -0.3 is 24.8 Å². The van der Waals surface area contributed by atoms with Gasteiger partial charge in [-0.05, 0) is 25.0 Å². The number of methoxy groups -OCH3 is 1. The van der Waals surface area contributed by atoms with E-state index in [-0.39, 0.29) is 23.0 Å². The molecule has 0 aliphatic carbocycles. The topological polar surface area (TPSA) is 129 Å². The summed E-state index contributed by atoms with van der Waals surface area (Å²) in [6.45, 7) is 1.34. The molecular formula is C17H23N3O7. The molecule has 10 nitrogen and oxygen atoms in total. The second-order valence-electron chi connectivity index (χ2n) is 5.92. The molecule has 1 aliphatic rings. The van der Waals surface area contributed by atoms with Crippen LogP contribution in [0.2, 0.25) is 0 Å². The molecule has 0 unspecified atom stereocenters. The van der Waals surface area contributed by atoms with Gasteiger partial charge in [0.2, 0.25) is 0 Å². The van der Waals surface area contributed by atoms with Gasteiger partial charge in [0.1, 0.15) is 5.69 Å². The maximum atomic E-state index is 12.1. The molecule has 0 bridgehead atoms. The number of rotatable bonds is 10. The van der Waals surface area contributed by atoms with Crippen LogP contribution in [0.5, 0.6) is 0 Å². The van der Waals surface area contributed by atoms with Gasteiger partial charge in [-0.2, -0.15) is 0 Å². The van der Waals surface area contributed by atoms with Gasteiger partial charge in [-0.15, -0.1) is 0 Å². The van der Waals surface area contributed by atoms with Gasteiger partial charge in [0.25, 0.3) is 11.6 Å². The molecule has 1 atom stereocenters. The van der Waals surface area contributed by atoms with Crippen LogP contribution in [0.4, 0.5) is 11.4 Å². The smallest absolute Gasteiger partial charge is 0.338 e. The Kier molecular flexibility index (Phi) is 7.96. The Labute approximate surface area is 156 Å². The van der Waals surface area contributed by atoms with Crippen molar-refractivity contribution in [1.29, 1.82) is 0 Å². The zero-order valence-corrected chi connectivity index (χ0v) is 15.1. The predicted molar refractivity (Wildman–Crippen MR) is 95.7 cm³/mol. The number of carbonyl (C=O) groups excluding carboxylic acids is 2. The second kappa shape index (κ2) is 10.4. The Morgan fingerprint density at radius 3 is 2.89 bits per heavy atom. The van der Waals surface area contributed by atoms with Gasteiger partial charge >= 0.3 is 5.97 Å². The highest BCUT2D eigenvalue weighted by Gasteiger charge is 2.20. The van der Waals surface area contributed by atoms with Crippen molar-refractivity contribution in [3.63, 3.8) is 0 Å². The minimum atomic E-state index is -0.811. The standard InChI is InChI=1S/C17H23N3O7/c1-25-8-6-18-14-5-4-12(9-15(14)20(23)24)17(22)27-11-16(21)19-10-13-3-2-7-26-13/h4-5,9,13,18H,2-3,6-8,10-11H2,1H3,(H,19,21)/t13-/m0/s1. The zero-order chi connectivity index (χ0) is 19.6. The number of amides is 1. The fraction of sp³-hybridized carbons (Fsp3) is 0.529. The van der Waals surface area contributed by atoms with Crippen molar-refractivity contribution >= 4 is 23.3 Å². The molecule has 1 aromatic rings. The number of nitrogens with one attached hydrogen (secondary N) is 2. The Morgan fingerprint density at radius 2 is 2.22 bits per heavy atom. The van der Waals surface area contributed by atoms with E-state index in [9.17, 15) is 19.7 Å². The number of hydrogen-bond donors (Lipinski definition) is 2. The maximum absolute atomic E-state index is 12.1. The molecule has 148 valence electrons. The largest absolute Gasteiger partial charge is 0.452 e. The number of nitrogens with zero attached hydrogens (tertiary/aromatic N) is 1. The second-order valence-corrected chi connectivity index (χ2v) is 5.92. The van der Waals surface area contributed by atoms with Crippen molar-refractivity contribution in [3.05, 3.63) is 33.9 Å². The molecular weight excluding hydrogens is 358 g/mol.